The summed E-state index contributed by atoms with van der Waals surface area (Å²) in [6.45, 7) is 7.62. The minimum atomic E-state index is -5.19. The number of halogens is 12. The summed E-state index contributed by atoms with van der Waals surface area (Å²) in [7, 11) is -8.46. The Morgan fingerprint density at radius 1 is 0.605 bits per heavy atom. The number of nitrogens with one attached hydrogen (secondary N) is 3. The molecule has 7 N–H and O–H groups in total. The number of aliphatic carboxylic acids is 2. The van der Waals surface area contributed by atoms with Gasteiger partial charge in [0.1, 0.15) is 29.0 Å². The zero-order valence-corrected chi connectivity index (χ0v) is 44.0. The Morgan fingerprint density at radius 2 is 0.926 bits per heavy atom. The number of anilines is 2. The van der Waals surface area contributed by atoms with Gasteiger partial charge in [-0.2, -0.15) is 62.9 Å². The zero-order valence-electron chi connectivity index (χ0n) is 42.4. The normalized spacial score (nSPS) is 16.5. The van der Waals surface area contributed by atoms with Gasteiger partial charge in [0.15, 0.2) is 6.04 Å². The highest BCUT2D eigenvalue weighted by Gasteiger charge is 2.45. The van der Waals surface area contributed by atoms with E-state index in [4.69, 9.17) is 24.5 Å². The number of sulfonamides is 2. The molecule has 4 unspecified atom stereocenters. The van der Waals surface area contributed by atoms with Crippen LogP contribution in [0.2, 0.25) is 0 Å². The number of carbonyl (C=O) groups excluding carboxylic acids is 4. The van der Waals surface area contributed by atoms with Crippen LogP contribution >= 0.6 is 0 Å². The summed E-state index contributed by atoms with van der Waals surface area (Å²) in [5.74, 6) is -7.53. The molecule has 2 aliphatic rings. The van der Waals surface area contributed by atoms with Crippen LogP contribution in [0.15, 0.2) is 129 Å². The first-order valence-corrected chi connectivity index (χ1v) is 25.6. The molecule has 20 nitrogen and oxygen atoms in total. The number of carbonyl (C=O) groups is 5. The third kappa shape index (κ3) is 20.6. The highest BCUT2D eigenvalue weighted by atomic mass is 32.2. The van der Waals surface area contributed by atoms with Gasteiger partial charge in [-0.25, -0.2) is 35.9 Å². The molecule has 6 rings (SSSR count). The zero-order chi connectivity index (χ0) is 61.9. The molecule has 0 aliphatic carbocycles. The first-order chi connectivity index (χ1) is 36.9. The van der Waals surface area contributed by atoms with E-state index in [1.165, 1.54) is 60.3 Å². The van der Waals surface area contributed by atoms with Crippen molar-refractivity contribution in [3.8, 4) is 0 Å². The minimum Gasteiger partial charge on any atom is -0.542 e. The number of carboxylic acids is 2. The Balaban J connectivity index is 0.000000348. The maximum Gasteiger partial charge on any atom is 0.490 e. The van der Waals surface area contributed by atoms with E-state index < -0.39 is 116 Å². The molecular weight excluding hydrogens is 1160 g/mol. The van der Waals surface area contributed by atoms with Crippen molar-refractivity contribution in [3.63, 3.8) is 0 Å². The number of nitrogens with zero attached hydrogens (tertiary/aromatic N) is 4. The second-order valence-corrected chi connectivity index (χ2v) is 21.2. The summed E-state index contributed by atoms with van der Waals surface area (Å²) < 4.78 is 202. The molecule has 0 bridgehead atoms. The number of hydrogen-bond donors (Lipinski definition) is 5. The first kappa shape index (κ1) is 67.3. The van der Waals surface area contributed by atoms with Crippen LogP contribution in [0.25, 0.3) is 0 Å². The van der Waals surface area contributed by atoms with Crippen LogP contribution in [0, 0.1) is 0 Å². The summed E-state index contributed by atoms with van der Waals surface area (Å²) in [6, 6.07) is 23.8. The minimum absolute atomic E-state index is 0.198. The summed E-state index contributed by atoms with van der Waals surface area (Å²) in [6.07, 6.45) is -21.1. The van der Waals surface area contributed by atoms with Crippen molar-refractivity contribution in [2.24, 2.45) is 10.2 Å². The molecular formula is C47H48F12N8O12S2. The van der Waals surface area contributed by atoms with E-state index in [2.05, 4.69) is 21.3 Å². The lowest BCUT2D eigenvalue weighted by atomic mass is 10.0. The largest absolute Gasteiger partial charge is 0.542 e. The molecule has 4 aromatic carbocycles. The van der Waals surface area contributed by atoms with Gasteiger partial charge in [0.25, 0.3) is 31.9 Å². The number of amides is 3. The average molecular weight is 1210 g/mol. The lowest BCUT2D eigenvalue weighted by Gasteiger charge is -2.24. The molecule has 4 atom stereocenters. The molecule has 0 fully saturated rings. The van der Waals surface area contributed by atoms with E-state index in [1.807, 2.05) is 9.44 Å². The van der Waals surface area contributed by atoms with Crippen molar-refractivity contribution in [2.75, 3.05) is 10.0 Å². The van der Waals surface area contributed by atoms with Crippen LogP contribution < -0.4 is 35.6 Å². The average Bonchev–Trinajstić information content (AvgIpc) is 4.01. The maximum atomic E-state index is 13.4. The smallest absolute Gasteiger partial charge is 0.490 e. The number of quaternary nitrogens is 1. The van der Waals surface area contributed by atoms with Crippen molar-refractivity contribution < 1.29 is 114 Å². The Labute approximate surface area is 452 Å². The SMILES string of the molecule is CC(NC(=O)OC(C)(C)C)C(=O)NS(=O)(=O)c1ccc(N2N=C(C(F)(F)F)CC2c2ccccc2)cc1.CC([NH3+])C(=O)NS(=O)(=O)c1ccc(N2N=C(C(F)(F)F)CC2c2ccccc2)cc1.O=C(O)C(F)(F)F.O=C([O-])C(F)(F)F. The number of hydrogen-bond acceptors (Lipinski definition) is 15. The highest BCUT2D eigenvalue weighted by molar-refractivity contribution is 7.90. The number of alkyl halides is 12. The quantitative estimate of drug-likeness (QED) is 0.105. The standard InChI is InChI=1S/C24H27F3N4O5S.C19H19F3N4O3S.2C2HF3O2/c1-15(28-22(33)36-23(2,3)4)21(32)30-37(34,35)18-12-10-17(11-13-18)31-19(16-8-6-5-7-9-16)14-20(29-31)24(25,26)27;1-12(23)18(27)25-30(28,29)15-9-7-14(8-10-15)26-16(13-5-3-2-4-6-13)11-17(24-26)19(20,21)22;2*3-2(4,5)1(6)7/h5-13,15,19H,14H2,1-4H3,(H,28,33)(H,30,32);2-10,12,16H,11,23H2,1H3,(H,25,27);2*(H,6,7). The van der Waals surface area contributed by atoms with Crippen molar-refractivity contribution in [1.82, 2.24) is 14.8 Å². The van der Waals surface area contributed by atoms with E-state index >= 15 is 0 Å². The topological polar surface area (TPSA) is 301 Å². The second kappa shape index (κ2) is 26.5. The summed E-state index contributed by atoms with van der Waals surface area (Å²) >= 11 is 0. The van der Waals surface area contributed by atoms with Crippen molar-refractivity contribution in [2.45, 2.75) is 112 Å². The molecule has 34 heteroatoms. The van der Waals surface area contributed by atoms with Gasteiger partial charge in [-0.15, -0.1) is 0 Å². The van der Waals surface area contributed by atoms with E-state index in [0.29, 0.717) is 16.8 Å². The molecule has 444 valence electrons. The Morgan fingerprint density at radius 3 is 1.20 bits per heavy atom. The maximum absolute atomic E-state index is 13.4. The van der Waals surface area contributed by atoms with Gasteiger partial charge < -0.3 is 30.8 Å². The van der Waals surface area contributed by atoms with Crippen LogP contribution in [0.4, 0.5) is 68.9 Å². The lowest BCUT2D eigenvalue weighted by molar-refractivity contribution is -0.397. The van der Waals surface area contributed by atoms with E-state index in [0.717, 1.165) is 12.1 Å². The van der Waals surface area contributed by atoms with Gasteiger partial charge >= 0.3 is 36.8 Å². The van der Waals surface area contributed by atoms with E-state index in [1.54, 1.807) is 81.4 Å². The number of ether oxygens (including phenoxy) is 1. The van der Waals surface area contributed by atoms with Crippen molar-refractivity contribution >= 4 is 72.7 Å². The lowest BCUT2D eigenvalue weighted by Crippen LogP contribution is -2.66. The van der Waals surface area contributed by atoms with Gasteiger partial charge in [-0.1, -0.05) is 60.7 Å². The predicted octanol–water partition coefficient (Wildman–Crippen LogP) is 6.20. The monoisotopic (exact) mass is 1210 g/mol. The van der Waals surface area contributed by atoms with Gasteiger partial charge in [-0.05, 0) is 94.3 Å². The third-order valence-electron chi connectivity index (χ3n) is 10.2. The Bertz CT molecular complexity index is 3120. The third-order valence-corrected chi connectivity index (χ3v) is 12.9. The molecule has 0 spiro atoms. The van der Waals surface area contributed by atoms with Crippen LogP contribution in [0.1, 0.15) is 70.7 Å². The predicted molar refractivity (Wildman–Crippen MR) is 259 cm³/mol. The fraction of sp³-hybridized carbons (Fsp3) is 0.340. The Hall–Kier alpha value is -8.01. The second-order valence-electron chi connectivity index (χ2n) is 17.8. The number of carboxylic acid groups (broad SMARTS) is 2. The molecule has 4 aromatic rings. The number of alkyl carbamates (subject to hydrolysis) is 1. The molecule has 0 aromatic heterocycles. The highest BCUT2D eigenvalue weighted by Crippen LogP contribution is 2.41. The van der Waals surface area contributed by atoms with Crippen molar-refractivity contribution in [3.05, 3.63) is 120 Å². The summed E-state index contributed by atoms with van der Waals surface area (Å²) in [5.41, 5.74) is 2.57. The molecule has 2 aliphatic heterocycles. The molecule has 2 heterocycles. The molecule has 0 saturated heterocycles. The van der Waals surface area contributed by atoms with Crippen molar-refractivity contribution in [1.29, 1.82) is 0 Å². The number of rotatable bonds is 11. The van der Waals surface area contributed by atoms with Crippen LogP contribution in [0.3, 0.4) is 0 Å². The fourth-order valence-electron chi connectivity index (χ4n) is 6.39. The fourth-order valence-corrected chi connectivity index (χ4v) is 8.52. The van der Waals surface area contributed by atoms with Gasteiger partial charge in [0.05, 0.1) is 33.2 Å². The summed E-state index contributed by atoms with van der Waals surface area (Å²) in [4.78, 5) is 53.0. The van der Waals surface area contributed by atoms with E-state index in [9.17, 15) is 83.9 Å². The van der Waals surface area contributed by atoms with Gasteiger partial charge in [0.2, 0.25) is 0 Å². The number of hydrazone groups is 2. The van der Waals surface area contributed by atoms with Gasteiger partial charge in [0, 0.05) is 12.8 Å². The molecule has 3 amide bonds. The van der Waals surface area contributed by atoms with E-state index in [-0.39, 0.29) is 28.3 Å². The first-order valence-electron chi connectivity index (χ1n) is 22.7. The summed E-state index contributed by atoms with van der Waals surface area (Å²) in [5, 5.41) is 28.1. The van der Waals surface area contributed by atoms with Gasteiger partial charge in [-0.3, -0.25) is 19.6 Å². The molecule has 81 heavy (non-hydrogen) atoms. The molecule has 0 saturated carbocycles. The molecule has 0 radical (unpaired) electrons. The van der Waals surface area contributed by atoms with Crippen LogP contribution in [0.5, 0.6) is 0 Å². The Kier molecular flexibility index (Phi) is 22.0. The van der Waals surface area contributed by atoms with Crippen LogP contribution in [-0.2, 0) is 44.0 Å². The number of benzene rings is 4. The van der Waals surface area contributed by atoms with Crippen LogP contribution in [-0.4, -0.2) is 106 Å².